The molecule has 0 saturated heterocycles. The van der Waals surface area contributed by atoms with Crippen molar-refractivity contribution in [3.05, 3.63) is 47.8 Å². The number of nitrogens with zero attached hydrogens (tertiary/aromatic N) is 1. The Labute approximate surface area is 182 Å². The predicted octanol–water partition coefficient (Wildman–Crippen LogP) is 4.81. The van der Waals surface area contributed by atoms with Crippen molar-refractivity contribution in [2.24, 2.45) is 4.99 Å². The minimum absolute atomic E-state index is 0.269. The van der Waals surface area contributed by atoms with E-state index in [1.807, 2.05) is 12.1 Å². The van der Waals surface area contributed by atoms with Crippen molar-refractivity contribution in [3.63, 3.8) is 0 Å². The first kappa shape index (κ1) is 23.3. The van der Waals surface area contributed by atoms with Crippen molar-refractivity contribution >= 4 is 50.8 Å². The number of thiocarbonyl (C=S) groups is 1. The van der Waals surface area contributed by atoms with Crippen LogP contribution in [0.25, 0.3) is 21.8 Å². The second kappa shape index (κ2) is 10.7. The van der Waals surface area contributed by atoms with E-state index in [1.165, 1.54) is 10.8 Å². The SMILES string of the molecule is CC(=O)O.CCC(C)Nc1cccc2c1[nH]c1cc(=NC(=S)NC(C)C)cccc12. The number of carboxylic acid groups (broad SMARTS) is 1. The zero-order valence-corrected chi connectivity index (χ0v) is 18.9. The number of para-hydroxylation sites is 1. The first-order valence-corrected chi connectivity index (χ1v) is 10.5. The van der Waals surface area contributed by atoms with Gasteiger partial charge in [0.05, 0.1) is 16.6 Å². The summed E-state index contributed by atoms with van der Waals surface area (Å²) < 4.78 is 0. The third-order valence-corrected chi connectivity index (χ3v) is 4.59. The van der Waals surface area contributed by atoms with Gasteiger partial charge in [-0.1, -0.05) is 31.2 Å². The van der Waals surface area contributed by atoms with E-state index in [4.69, 9.17) is 22.1 Å². The summed E-state index contributed by atoms with van der Waals surface area (Å²) in [7, 11) is 0. The van der Waals surface area contributed by atoms with Gasteiger partial charge in [0, 0.05) is 35.3 Å². The lowest BCUT2D eigenvalue weighted by Gasteiger charge is -2.13. The zero-order chi connectivity index (χ0) is 22.3. The first-order chi connectivity index (χ1) is 14.2. The van der Waals surface area contributed by atoms with Crippen LogP contribution in [0.1, 0.15) is 41.0 Å². The first-order valence-electron chi connectivity index (χ1n) is 10.1. The van der Waals surface area contributed by atoms with Gasteiger partial charge >= 0.3 is 0 Å². The molecule has 1 aromatic heterocycles. The lowest BCUT2D eigenvalue weighted by molar-refractivity contribution is -0.134. The van der Waals surface area contributed by atoms with Crippen LogP contribution >= 0.6 is 12.2 Å². The van der Waals surface area contributed by atoms with Crippen molar-refractivity contribution in [1.29, 1.82) is 0 Å². The number of fused-ring (bicyclic) bond motifs is 3. The highest BCUT2D eigenvalue weighted by atomic mass is 32.1. The van der Waals surface area contributed by atoms with E-state index in [2.05, 4.69) is 78.6 Å². The maximum absolute atomic E-state index is 9.00. The van der Waals surface area contributed by atoms with Crippen LogP contribution in [0.2, 0.25) is 0 Å². The van der Waals surface area contributed by atoms with Gasteiger partial charge in [0.25, 0.3) is 5.97 Å². The summed E-state index contributed by atoms with van der Waals surface area (Å²) in [5.74, 6) is -0.833. The number of aromatic nitrogens is 1. The molecule has 0 bridgehead atoms. The molecule has 2 aromatic carbocycles. The summed E-state index contributed by atoms with van der Waals surface area (Å²) in [5, 5.41) is 17.9. The van der Waals surface area contributed by atoms with Gasteiger partial charge in [-0.2, -0.15) is 0 Å². The number of aliphatic carboxylic acids is 1. The molecule has 1 unspecified atom stereocenters. The monoisotopic (exact) mass is 426 g/mol. The average molecular weight is 427 g/mol. The van der Waals surface area contributed by atoms with Gasteiger partial charge in [-0.3, -0.25) is 4.79 Å². The molecule has 3 rings (SSSR count). The fraction of sp³-hybridized carbons (Fsp3) is 0.348. The van der Waals surface area contributed by atoms with Gasteiger partial charge in [-0.25, -0.2) is 4.99 Å². The molecule has 0 radical (unpaired) electrons. The molecule has 0 amide bonds. The molecule has 3 aromatic rings. The Balaban J connectivity index is 0.000000735. The highest BCUT2D eigenvalue weighted by Crippen LogP contribution is 2.29. The number of hydrogen-bond acceptors (Lipinski definition) is 3. The number of rotatable bonds is 4. The molecule has 0 aliphatic carbocycles. The molecule has 30 heavy (non-hydrogen) atoms. The van der Waals surface area contributed by atoms with E-state index in [1.54, 1.807) is 0 Å². The topological polar surface area (TPSA) is 89.5 Å². The summed E-state index contributed by atoms with van der Waals surface area (Å²) in [6.07, 6.45) is 1.08. The minimum atomic E-state index is -0.833. The third kappa shape index (κ3) is 6.56. The molecule has 1 heterocycles. The smallest absolute Gasteiger partial charge is 0.300 e. The molecule has 160 valence electrons. The van der Waals surface area contributed by atoms with Gasteiger partial charge in [0.1, 0.15) is 0 Å². The molecule has 7 heteroatoms. The molecule has 0 fully saturated rings. The molecule has 1 atom stereocenters. The van der Waals surface area contributed by atoms with Crippen LogP contribution in [0.3, 0.4) is 0 Å². The second-order valence-electron chi connectivity index (χ2n) is 7.46. The summed E-state index contributed by atoms with van der Waals surface area (Å²) in [5.41, 5.74) is 3.31. The Kier molecular flexibility index (Phi) is 8.35. The van der Waals surface area contributed by atoms with Crippen LogP contribution in [0.5, 0.6) is 0 Å². The minimum Gasteiger partial charge on any atom is -0.481 e. The standard InChI is InChI=1S/C21H26N4S.C2H4O2/c1-5-14(4)23-18-11-7-10-17-16-9-6-8-15(12-19(16)25-20(17)18)24-21(26)22-13(2)3;1-2(3)4/h6-14,23,25H,5H2,1-4H3,(H,22,26);1H3,(H,3,4). The Morgan fingerprint density at radius 2 is 1.80 bits per heavy atom. The van der Waals surface area contributed by atoms with Gasteiger partial charge in [-0.05, 0) is 57.6 Å². The number of carbonyl (C=O) groups is 1. The molecule has 0 aliphatic rings. The fourth-order valence-electron chi connectivity index (χ4n) is 2.94. The molecular formula is C23H30N4O2S. The van der Waals surface area contributed by atoms with Crippen molar-refractivity contribution in [3.8, 4) is 0 Å². The van der Waals surface area contributed by atoms with Gasteiger partial charge in [-0.15, -0.1) is 0 Å². The molecule has 0 spiro atoms. The van der Waals surface area contributed by atoms with Crippen LogP contribution in [-0.2, 0) is 4.79 Å². The number of hydrogen-bond donors (Lipinski definition) is 4. The quantitative estimate of drug-likeness (QED) is 0.450. The van der Waals surface area contributed by atoms with Crippen LogP contribution in [0, 0.1) is 0 Å². The van der Waals surface area contributed by atoms with Crippen molar-refractivity contribution in [2.45, 2.75) is 53.1 Å². The van der Waals surface area contributed by atoms with Crippen molar-refractivity contribution in [1.82, 2.24) is 10.3 Å². The lowest BCUT2D eigenvalue weighted by atomic mass is 10.1. The largest absolute Gasteiger partial charge is 0.481 e. The Morgan fingerprint density at radius 3 is 2.43 bits per heavy atom. The summed E-state index contributed by atoms with van der Waals surface area (Å²) in [6.45, 7) is 9.56. The average Bonchev–Trinajstić information content (AvgIpc) is 2.86. The van der Waals surface area contributed by atoms with Gasteiger partial charge in [0.15, 0.2) is 5.11 Å². The third-order valence-electron chi connectivity index (χ3n) is 4.38. The van der Waals surface area contributed by atoms with E-state index >= 15 is 0 Å². The fourth-order valence-corrected chi connectivity index (χ4v) is 3.29. The zero-order valence-electron chi connectivity index (χ0n) is 18.1. The highest BCUT2D eigenvalue weighted by Gasteiger charge is 2.09. The number of nitrogens with one attached hydrogen (secondary N) is 3. The summed E-state index contributed by atoms with van der Waals surface area (Å²) >= 11 is 5.32. The maximum Gasteiger partial charge on any atom is 0.300 e. The predicted molar refractivity (Wildman–Crippen MR) is 129 cm³/mol. The maximum atomic E-state index is 9.00. The number of aromatic amines is 1. The van der Waals surface area contributed by atoms with Crippen LogP contribution in [-0.4, -0.2) is 33.3 Å². The highest BCUT2D eigenvalue weighted by molar-refractivity contribution is 7.80. The van der Waals surface area contributed by atoms with Crippen LogP contribution in [0.4, 0.5) is 5.69 Å². The Bertz CT molecular complexity index is 1100. The summed E-state index contributed by atoms with van der Waals surface area (Å²) in [6, 6.07) is 15.3. The Hall–Kier alpha value is -2.93. The number of carboxylic acids is 1. The van der Waals surface area contributed by atoms with E-state index in [0.29, 0.717) is 11.2 Å². The second-order valence-corrected chi connectivity index (χ2v) is 7.85. The van der Waals surface area contributed by atoms with Crippen LogP contribution < -0.4 is 16.0 Å². The molecule has 6 nitrogen and oxygen atoms in total. The molecule has 0 aliphatic heterocycles. The van der Waals surface area contributed by atoms with Crippen molar-refractivity contribution in [2.75, 3.05) is 5.32 Å². The van der Waals surface area contributed by atoms with Crippen molar-refractivity contribution < 1.29 is 9.90 Å². The van der Waals surface area contributed by atoms with Crippen LogP contribution in [0.15, 0.2) is 47.5 Å². The van der Waals surface area contributed by atoms with E-state index in [0.717, 1.165) is 35.4 Å². The molecule has 0 saturated carbocycles. The van der Waals surface area contributed by atoms with E-state index < -0.39 is 5.97 Å². The van der Waals surface area contributed by atoms with Gasteiger partial charge < -0.3 is 20.7 Å². The van der Waals surface area contributed by atoms with E-state index in [9.17, 15) is 0 Å². The number of H-pyrrole nitrogens is 1. The van der Waals surface area contributed by atoms with E-state index in [-0.39, 0.29) is 6.04 Å². The normalized spacial score (nSPS) is 12.4. The molecular weight excluding hydrogens is 396 g/mol. The number of benzene rings is 1. The lowest BCUT2D eigenvalue weighted by Crippen LogP contribution is -2.28. The van der Waals surface area contributed by atoms with Gasteiger partial charge in [0.2, 0.25) is 0 Å². The molecule has 4 N–H and O–H groups in total. The Morgan fingerprint density at radius 1 is 1.17 bits per heavy atom. The number of anilines is 1. The summed E-state index contributed by atoms with van der Waals surface area (Å²) in [4.78, 5) is 17.1.